The summed E-state index contributed by atoms with van der Waals surface area (Å²) in [5.74, 6) is 1.02. The maximum absolute atomic E-state index is 13.3. The van der Waals surface area contributed by atoms with Gasteiger partial charge >= 0.3 is 0 Å². The first-order chi connectivity index (χ1) is 26.8. The number of aliphatic hydroxyl groups excluding tert-OH is 2. The highest BCUT2D eigenvalue weighted by atomic mass is 32.2. The summed E-state index contributed by atoms with van der Waals surface area (Å²) in [4.78, 5) is 6.16. The summed E-state index contributed by atoms with van der Waals surface area (Å²) in [6.07, 6.45) is 7.61. The van der Waals surface area contributed by atoms with E-state index in [0.717, 1.165) is 65.4 Å². The molecule has 2 atom stereocenters. The molecule has 0 aliphatic carbocycles. The van der Waals surface area contributed by atoms with Crippen LogP contribution in [0.25, 0.3) is 12.2 Å². The van der Waals surface area contributed by atoms with Crippen LogP contribution in [0, 0.1) is 0 Å². The molecule has 10 nitrogen and oxygen atoms in total. The lowest BCUT2D eigenvalue weighted by atomic mass is 10.2. The third-order valence-corrected chi connectivity index (χ3v) is 12.3. The van der Waals surface area contributed by atoms with Crippen molar-refractivity contribution >= 4 is 22.0 Å². The maximum atomic E-state index is 13.3. The number of hydrogen-bond acceptors (Lipinski definition) is 6. The normalized spacial score (nSPS) is 21.7. The van der Waals surface area contributed by atoms with Crippen LogP contribution in [0.4, 0.5) is 0 Å². The molecule has 2 aliphatic heterocycles. The Morgan fingerprint density at radius 2 is 0.855 bits per heavy atom. The minimum Gasteiger partial charge on any atom is -0.491 e. The number of rotatable bonds is 18. The number of sulfone groups is 1. The first-order valence-electron chi connectivity index (χ1n) is 19.6. The molecule has 55 heavy (non-hydrogen) atoms. The van der Waals surface area contributed by atoms with Gasteiger partial charge in [-0.25, -0.2) is 8.42 Å². The van der Waals surface area contributed by atoms with E-state index < -0.39 is 22.0 Å². The molecule has 11 heteroatoms. The summed E-state index contributed by atoms with van der Waals surface area (Å²) in [6.45, 7) is 11.8. The van der Waals surface area contributed by atoms with Crippen LogP contribution in [0.15, 0.2) is 131 Å². The van der Waals surface area contributed by atoms with E-state index in [2.05, 4.69) is 48.6 Å². The van der Waals surface area contributed by atoms with E-state index in [9.17, 15) is 18.6 Å². The van der Waals surface area contributed by atoms with Crippen LogP contribution < -0.4 is 29.1 Å². The van der Waals surface area contributed by atoms with E-state index in [1.807, 2.05) is 36.4 Å². The Morgan fingerprint density at radius 3 is 1.22 bits per heavy atom. The van der Waals surface area contributed by atoms with Crippen molar-refractivity contribution in [3.05, 3.63) is 132 Å². The van der Waals surface area contributed by atoms with Crippen LogP contribution in [0.5, 0.6) is 11.5 Å². The molecule has 292 valence electrons. The summed E-state index contributed by atoms with van der Waals surface area (Å²) in [5.41, 5.74) is 2.44. The lowest BCUT2D eigenvalue weighted by Gasteiger charge is -2.30. The standard InChI is InChI=1S/C44H54N4O6S/c49-39(33-47-29-25-45(26-30-47)23-7-13-37-9-3-1-4-10-37)35-53-41-15-19-43(20-16-41)55(51,52)44-21-17-42(18-22-44)54-36-40(50)34-48-31-27-46(28-32-48)24-8-14-38-11-5-2-6-12-38/h1-22,39-40,49-50H,23-36H2/p+4. The van der Waals surface area contributed by atoms with E-state index in [0.29, 0.717) is 24.6 Å². The highest BCUT2D eigenvalue weighted by molar-refractivity contribution is 7.91. The molecule has 6 rings (SSSR count). The fourth-order valence-electron chi connectivity index (χ4n) is 7.32. The monoisotopic (exact) mass is 770 g/mol. The van der Waals surface area contributed by atoms with E-state index in [1.54, 1.807) is 34.1 Å². The molecule has 0 saturated carbocycles. The van der Waals surface area contributed by atoms with E-state index in [1.165, 1.54) is 45.2 Å². The molecule has 0 aromatic heterocycles. The second kappa shape index (κ2) is 20.5. The zero-order valence-electron chi connectivity index (χ0n) is 31.7. The largest absolute Gasteiger partial charge is 0.491 e. The minimum atomic E-state index is -3.75. The van der Waals surface area contributed by atoms with E-state index in [-0.39, 0.29) is 23.0 Å². The zero-order valence-corrected chi connectivity index (χ0v) is 32.5. The molecule has 0 spiro atoms. The van der Waals surface area contributed by atoms with Crippen LogP contribution in [0.1, 0.15) is 11.1 Å². The number of aliphatic hydroxyl groups is 2. The van der Waals surface area contributed by atoms with Gasteiger partial charge in [0.15, 0.2) is 0 Å². The smallest absolute Gasteiger partial charge is 0.206 e. The number of hydrogen-bond donors (Lipinski definition) is 6. The van der Waals surface area contributed by atoms with Gasteiger partial charge in [0, 0.05) is 0 Å². The molecule has 0 amide bonds. The third kappa shape index (κ3) is 12.9. The summed E-state index contributed by atoms with van der Waals surface area (Å²) in [5, 5.41) is 21.3. The Kier molecular flexibility index (Phi) is 15.1. The van der Waals surface area contributed by atoms with Gasteiger partial charge < -0.3 is 39.3 Å². The van der Waals surface area contributed by atoms with Gasteiger partial charge in [-0.3, -0.25) is 0 Å². The van der Waals surface area contributed by atoms with Crippen molar-refractivity contribution in [3.63, 3.8) is 0 Å². The van der Waals surface area contributed by atoms with Gasteiger partial charge in [0.05, 0.1) is 22.9 Å². The average Bonchev–Trinajstić information content (AvgIpc) is 3.22. The van der Waals surface area contributed by atoms with Gasteiger partial charge in [-0.1, -0.05) is 72.8 Å². The summed E-state index contributed by atoms with van der Waals surface area (Å²) >= 11 is 0. The van der Waals surface area contributed by atoms with Crippen LogP contribution in [-0.4, -0.2) is 123 Å². The topological polar surface area (TPSA) is 111 Å². The number of nitrogens with one attached hydrogen (secondary N) is 4. The number of piperazine rings is 2. The summed E-state index contributed by atoms with van der Waals surface area (Å²) < 4.78 is 38.3. The number of benzene rings is 4. The number of ether oxygens (including phenoxy) is 2. The first kappa shape index (κ1) is 40.3. The minimum absolute atomic E-state index is 0.147. The predicted molar refractivity (Wildman–Crippen MR) is 215 cm³/mol. The first-order valence-corrected chi connectivity index (χ1v) is 21.1. The zero-order chi connectivity index (χ0) is 38.3. The van der Waals surface area contributed by atoms with Gasteiger partial charge in [-0.05, 0) is 71.8 Å². The van der Waals surface area contributed by atoms with Gasteiger partial charge in [-0.15, -0.1) is 0 Å². The Morgan fingerprint density at radius 1 is 0.509 bits per heavy atom. The molecule has 2 unspecified atom stereocenters. The van der Waals surface area contributed by atoms with Gasteiger partial charge in [0.2, 0.25) is 9.84 Å². The predicted octanol–water partition coefficient (Wildman–Crippen LogP) is -1.01. The fourth-order valence-corrected chi connectivity index (χ4v) is 8.58. The van der Waals surface area contributed by atoms with Gasteiger partial charge in [0.25, 0.3) is 0 Å². The number of quaternary nitrogens is 4. The van der Waals surface area contributed by atoms with Crippen molar-refractivity contribution in [2.45, 2.75) is 22.0 Å². The Balaban J connectivity index is 0.862. The molecule has 0 radical (unpaired) electrons. The van der Waals surface area contributed by atoms with Crippen molar-refractivity contribution in [2.75, 3.05) is 91.8 Å². The van der Waals surface area contributed by atoms with Crippen molar-refractivity contribution in [3.8, 4) is 11.5 Å². The Bertz CT molecular complexity index is 1740. The van der Waals surface area contributed by atoms with Crippen molar-refractivity contribution in [1.29, 1.82) is 0 Å². The molecule has 2 saturated heterocycles. The Labute approximate surface area is 326 Å². The van der Waals surface area contributed by atoms with E-state index >= 15 is 0 Å². The van der Waals surface area contributed by atoms with Crippen LogP contribution in [0.2, 0.25) is 0 Å². The third-order valence-electron chi connectivity index (χ3n) is 10.6. The molecule has 0 bridgehead atoms. The quantitative estimate of drug-likeness (QED) is 0.0776. The highest BCUT2D eigenvalue weighted by Gasteiger charge is 2.26. The Hall–Kier alpha value is -4.33. The van der Waals surface area contributed by atoms with Crippen molar-refractivity contribution in [1.82, 2.24) is 0 Å². The van der Waals surface area contributed by atoms with Crippen molar-refractivity contribution in [2.24, 2.45) is 0 Å². The molecule has 2 aliphatic rings. The summed E-state index contributed by atoms with van der Waals surface area (Å²) in [6, 6.07) is 33.3. The molecule has 4 aromatic carbocycles. The second-order valence-corrected chi connectivity index (χ2v) is 16.8. The molecule has 2 heterocycles. The fraction of sp³-hybridized carbons (Fsp3) is 0.364. The highest BCUT2D eigenvalue weighted by Crippen LogP contribution is 2.25. The lowest BCUT2D eigenvalue weighted by Crippen LogP contribution is -3.28. The van der Waals surface area contributed by atoms with Crippen LogP contribution in [-0.2, 0) is 9.84 Å². The molecular weight excluding hydrogens is 713 g/mol. The van der Waals surface area contributed by atoms with Crippen molar-refractivity contribution < 1.29 is 47.7 Å². The molecule has 6 N–H and O–H groups in total. The second-order valence-electron chi connectivity index (χ2n) is 14.8. The van der Waals surface area contributed by atoms with Gasteiger partial charge in [-0.2, -0.15) is 0 Å². The average molecular weight is 771 g/mol. The summed E-state index contributed by atoms with van der Waals surface area (Å²) in [7, 11) is -3.75. The molecular formula is C44H58N4O6S+4. The van der Waals surface area contributed by atoms with Crippen LogP contribution in [0.3, 0.4) is 0 Å². The molecule has 4 aromatic rings. The lowest BCUT2D eigenvalue weighted by molar-refractivity contribution is -1.01. The maximum Gasteiger partial charge on any atom is 0.206 e. The van der Waals surface area contributed by atoms with Gasteiger partial charge in [0.1, 0.15) is 102 Å². The SMILES string of the molecule is O=S(=O)(c1ccc(OCC(O)C[NH+]2CC[NH+](CC=Cc3ccccc3)CC2)cc1)c1ccc(OCC(O)C[NH+]2CC[NH+](CC=Cc3ccccc3)CC2)cc1. The van der Waals surface area contributed by atoms with Crippen LogP contribution >= 0.6 is 0 Å². The van der Waals surface area contributed by atoms with E-state index in [4.69, 9.17) is 9.47 Å². The molecule has 2 fully saturated rings.